The van der Waals surface area contributed by atoms with Crippen molar-refractivity contribution < 1.29 is 57.4 Å². The summed E-state index contributed by atoms with van der Waals surface area (Å²) in [5.74, 6) is -1.41. The summed E-state index contributed by atoms with van der Waals surface area (Å²) >= 11 is 0. The lowest BCUT2D eigenvalue weighted by Crippen LogP contribution is -2.37. The molecule has 1 aliphatic carbocycles. The van der Waals surface area contributed by atoms with Crippen molar-refractivity contribution in [3.8, 4) is 0 Å². The van der Waals surface area contributed by atoms with Gasteiger partial charge in [-0.25, -0.2) is 4.57 Å². The van der Waals surface area contributed by atoms with Crippen LogP contribution < -0.4 is 0 Å². The minimum atomic E-state index is -4.45. The molecule has 0 aliphatic heterocycles. The molecule has 1 unspecified atom stereocenters. The van der Waals surface area contributed by atoms with Gasteiger partial charge in [0.15, 0.2) is 6.10 Å². The van der Waals surface area contributed by atoms with E-state index >= 15 is 0 Å². The average molecular weight is 887 g/mol. The number of carbonyl (C=O) groups is 2. The second kappa shape index (κ2) is 35.5. The Morgan fingerprint density at radius 1 is 0.705 bits per heavy atom. The van der Waals surface area contributed by atoms with Gasteiger partial charge in [-0.15, -0.1) is 0 Å². The first-order valence-corrected chi connectivity index (χ1v) is 25.5. The van der Waals surface area contributed by atoms with E-state index in [0.29, 0.717) is 43.1 Å². The summed E-state index contributed by atoms with van der Waals surface area (Å²) in [6.07, 6.45) is 32.8. The first kappa shape index (κ1) is 57.1. The normalized spacial score (nSPS) is 20.5. The molecule has 0 amide bonds. The molecule has 0 saturated heterocycles. The van der Waals surface area contributed by atoms with Crippen LogP contribution in [0.5, 0.6) is 0 Å². The van der Waals surface area contributed by atoms with E-state index in [4.69, 9.17) is 18.5 Å². The van der Waals surface area contributed by atoms with E-state index in [1.807, 2.05) is 39.4 Å². The van der Waals surface area contributed by atoms with Crippen molar-refractivity contribution >= 4 is 19.8 Å². The molecule has 12 nitrogen and oxygen atoms in total. The smallest absolute Gasteiger partial charge is 0.462 e. The van der Waals surface area contributed by atoms with Crippen LogP contribution in [0.25, 0.3) is 0 Å². The van der Waals surface area contributed by atoms with Crippen molar-refractivity contribution in [2.24, 2.45) is 11.8 Å². The number of unbranched alkanes of at least 4 members (excludes halogenated alkanes) is 16. The number of ether oxygens (including phenoxy) is 2. The first-order chi connectivity index (χ1) is 29.2. The fourth-order valence-corrected chi connectivity index (χ4v) is 8.10. The van der Waals surface area contributed by atoms with Crippen molar-refractivity contribution in [3.05, 3.63) is 36.5 Å². The zero-order valence-electron chi connectivity index (χ0n) is 39.0. The lowest BCUT2D eigenvalue weighted by molar-refractivity contribution is -0.870. The number of phosphoric ester groups is 1. The first-order valence-electron chi connectivity index (χ1n) is 24.0. The highest BCUT2D eigenvalue weighted by atomic mass is 31.2. The number of quaternary nitrogens is 1. The van der Waals surface area contributed by atoms with Gasteiger partial charge in [-0.2, -0.15) is 0 Å². The molecule has 0 aromatic heterocycles. The van der Waals surface area contributed by atoms with Crippen LogP contribution in [0.2, 0.25) is 0 Å². The van der Waals surface area contributed by atoms with Gasteiger partial charge in [-0.3, -0.25) is 18.6 Å². The van der Waals surface area contributed by atoms with Crippen LogP contribution in [0.1, 0.15) is 174 Å². The molecule has 7 atom stereocenters. The lowest BCUT2D eigenvalue weighted by Gasteiger charge is -2.24. The Hall–Kier alpha value is -1.89. The summed E-state index contributed by atoms with van der Waals surface area (Å²) in [6.45, 7) is 4.04. The van der Waals surface area contributed by atoms with Gasteiger partial charge in [-0.05, 0) is 63.7 Å². The number of likely N-dealkylation sites (N-methyl/N-ethyl adjacent to an activating group) is 1. The zero-order valence-corrected chi connectivity index (χ0v) is 39.9. The Morgan fingerprint density at radius 3 is 1.90 bits per heavy atom. The monoisotopic (exact) mass is 887 g/mol. The average Bonchev–Trinajstić information content (AvgIpc) is 3.47. The van der Waals surface area contributed by atoms with Crippen LogP contribution in [0, 0.1) is 11.8 Å². The van der Waals surface area contributed by atoms with Crippen molar-refractivity contribution in [1.29, 1.82) is 0 Å². The number of hydrogen-bond donors (Lipinski definition) is 4. The highest BCUT2D eigenvalue weighted by molar-refractivity contribution is 7.47. The summed E-state index contributed by atoms with van der Waals surface area (Å²) in [4.78, 5) is 35.6. The quantitative estimate of drug-likeness (QED) is 0.0152. The third-order valence-corrected chi connectivity index (χ3v) is 12.2. The number of allylic oxidation sites excluding steroid dienone is 4. The Balaban J connectivity index is 2.47. The molecule has 61 heavy (non-hydrogen) atoms. The molecule has 0 aromatic carbocycles. The second-order valence-electron chi connectivity index (χ2n) is 18.1. The minimum absolute atomic E-state index is 0.0131. The van der Waals surface area contributed by atoms with Gasteiger partial charge < -0.3 is 34.2 Å². The summed E-state index contributed by atoms with van der Waals surface area (Å²) in [5, 5.41) is 31.4. The minimum Gasteiger partial charge on any atom is -0.462 e. The Bertz CT molecular complexity index is 1250. The summed E-state index contributed by atoms with van der Waals surface area (Å²) < 4.78 is 34.3. The SMILES string of the molecule is CCCCCCCC/C=C\CCCCCCCCCC(=O)OC[C@H](COP(=O)(O)OCC[N+](C)(C)C)OC(=O)CCC/C=C/C[C@@H]1[C@@H](/C=C/[C@@H](O)CCCCC)[C@H](O)C[C@@H]1O. The lowest BCUT2D eigenvalue weighted by atomic mass is 9.89. The molecule has 1 aliphatic rings. The number of nitrogens with zero attached hydrogens (tertiary/aromatic N) is 1. The topological polar surface area (TPSA) is 169 Å². The van der Waals surface area contributed by atoms with Crippen LogP contribution in [0.4, 0.5) is 0 Å². The molecule has 1 fully saturated rings. The molecule has 0 heterocycles. The Morgan fingerprint density at radius 2 is 1.26 bits per heavy atom. The van der Waals surface area contributed by atoms with E-state index in [1.165, 1.54) is 64.2 Å². The largest absolute Gasteiger partial charge is 0.472 e. The number of aliphatic hydroxyl groups excluding tert-OH is 3. The molecule has 4 N–H and O–H groups in total. The number of esters is 2. The number of carbonyl (C=O) groups excluding carboxylic acids is 2. The number of rotatable bonds is 39. The third kappa shape index (κ3) is 32.4. The second-order valence-corrected chi connectivity index (χ2v) is 19.6. The van der Waals surface area contributed by atoms with Crippen LogP contribution in [0.15, 0.2) is 36.5 Å². The Kier molecular flexibility index (Phi) is 33.2. The van der Waals surface area contributed by atoms with Crippen molar-refractivity contribution in [2.45, 2.75) is 199 Å². The van der Waals surface area contributed by atoms with E-state index < -0.39 is 50.8 Å². The van der Waals surface area contributed by atoms with Gasteiger partial charge >= 0.3 is 19.8 Å². The highest BCUT2D eigenvalue weighted by Gasteiger charge is 2.39. The van der Waals surface area contributed by atoms with Gasteiger partial charge in [0.05, 0.1) is 46.1 Å². The van der Waals surface area contributed by atoms with E-state index in [1.54, 1.807) is 6.08 Å². The fourth-order valence-electron chi connectivity index (χ4n) is 7.36. The molecule has 0 spiro atoms. The van der Waals surface area contributed by atoms with Crippen molar-refractivity contribution in [2.75, 3.05) is 47.5 Å². The summed E-state index contributed by atoms with van der Waals surface area (Å²) in [5.41, 5.74) is 0. The molecule has 13 heteroatoms. The maximum atomic E-state index is 12.8. The maximum absolute atomic E-state index is 12.8. The number of aliphatic hydroxyl groups is 3. The van der Waals surface area contributed by atoms with Crippen molar-refractivity contribution in [1.82, 2.24) is 0 Å². The predicted octanol–water partition coefficient (Wildman–Crippen LogP) is 10.1. The summed E-state index contributed by atoms with van der Waals surface area (Å²) in [7, 11) is 1.33. The van der Waals surface area contributed by atoms with E-state index in [9.17, 15) is 34.4 Å². The molecule has 1 rings (SSSR count). The number of hydrogen-bond acceptors (Lipinski definition) is 10. The molecule has 0 aromatic rings. The van der Waals surface area contributed by atoms with Gasteiger partial charge in [0, 0.05) is 25.2 Å². The van der Waals surface area contributed by atoms with E-state index in [-0.39, 0.29) is 44.3 Å². The molecular weight excluding hydrogens is 797 g/mol. The third-order valence-electron chi connectivity index (χ3n) is 11.2. The van der Waals surface area contributed by atoms with Gasteiger partial charge in [0.2, 0.25) is 0 Å². The van der Waals surface area contributed by atoms with Crippen LogP contribution in [0.3, 0.4) is 0 Å². The van der Waals surface area contributed by atoms with E-state index in [2.05, 4.69) is 26.0 Å². The van der Waals surface area contributed by atoms with Gasteiger partial charge in [0.25, 0.3) is 0 Å². The zero-order chi connectivity index (χ0) is 45.2. The molecule has 1 saturated carbocycles. The maximum Gasteiger partial charge on any atom is 0.472 e. The molecule has 0 bridgehead atoms. The highest BCUT2D eigenvalue weighted by Crippen LogP contribution is 2.43. The van der Waals surface area contributed by atoms with Crippen LogP contribution >= 0.6 is 7.82 Å². The van der Waals surface area contributed by atoms with Crippen molar-refractivity contribution in [3.63, 3.8) is 0 Å². The molecule has 356 valence electrons. The van der Waals surface area contributed by atoms with E-state index in [0.717, 1.165) is 44.9 Å². The summed E-state index contributed by atoms with van der Waals surface area (Å²) in [6, 6.07) is 0. The predicted molar refractivity (Wildman–Crippen MR) is 245 cm³/mol. The van der Waals surface area contributed by atoms with Gasteiger partial charge in [-0.1, -0.05) is 134 Å². The molecular formula is C48H89NO11P+. The molecule has 0 radical (unpaired) electrons. The standard InChI is InChI=1S/C48H88NO11P/c1-6-8-10-11-12-13-14-15-16-17-18-19-20-21-22-23-28-32-47(53)57-39-42(40-59-61(55,56)58-37-36-49(3,4)5)60-48(54)33-29-25-24-27-31-43-44(46(52)38-45(43)51)35-34-41(50)30-26-9-7-2/h15-16,24,27,34-35,41-46,50-52H,6-14,17-23,25-26,28-33,36-40H2,1-5H3/p+1/b16-15-,27-24+,35-34+/t41-,42+,43+,44+,45-,46+/m0/s1. The van der Waals surface area contributed by atoms with Crippen LogP contribution in [-0.4, -0.2) is 109 Å². The fraction of sp³-hybridized carbons (Fsp3) is 0.833. The Labute approximate surface area is 370 Å². The van der Waals surface area contributed by atoms with Crippen LogP contribution in [-0.2, 0) is 32.7 Å². The van der Waals surface area contributed by atoms with Gasteiger partial charge in [0.1, 0.15) is 19.8 Å². The number of phosphoric acid groups is 1.